The zero-order chi connectivity index (χ0) is 27.6. The van der Waals surface area contributed by atoms with Gasteiger partial charge in [-0.25, -0.2) is 14.8 Å². The van der Waals surface area contributed by atoms with Gasteiger partial charge in [-0.3, -0.25) is 14.9 Å². The van der Waals surface area contributed by atoms with E-state index in [-0.39, 0.29) is 12.3 Å². The summed E-state index contributed by atoms with van der Waals surface area (Å²) < 4.78 is 5.54. The van der Waals surface area contributed by atoms with E-state index >= 15 is 0 Å². The van der Waals surface area contributed by atoms with Gasteiger partial charge in [0.05, 0.1) is 0 Å². The van der Waals surface area contributed by atoms with Gasteiger partial charge in [0.1, 0.15) is 11.8 Å². The van der Waals surface area contributed by atoms with Crippen molar-refractivity contribution in [2.75, 3.05) is 39.8 Å². The van der Waals surface area contributed by atoms with E-state index < -0.39 is 5.60 Å². The largest absolute Gasteiger partial charge is 0.444 e. The number of rotatable bonds is 4. The minimum absolute atomic E-state index is 0.0417. The number of nitrogens with one attached hydrogen (secondary N) is 3. The Labute approximate surface area is 233 Å². The zero-order valence-electron chi connectivity index (χ0n) is 24.3. The molecule has 0 spiro atoms. The summed E-state index contributed by atoms with van der Waals surface area (Å²) in [6.45, 7) is 12.1. The van der Waals surface area contributed by atoms with Gasteiger partial charge in [0.2, 0.25) is 5.96 Å². The van der Waals surface area contributed by atoms with Crippen molar-refractivity contribution in [3.8, 4) is 0 Å². The van der Waals surface area contributed by atoms with Crippen LogP contribution in [0.5, 0.6) is 0 Å². The van der Waals surface area contributed by atoms with E-state index in [9.17, 15) is 4.79 Å². The molecular weight excluding hydrogens is 494 g/mol. The van der Waals surface area contributed by atoms with Gasteiger partial charge < -0.3 is 25.6 Å². The average Bonchev–Trinajstić information content (AvgIpc) is 3.29. The Morgan fingerprint density at radius 3 is 2.59 bits per heavy atom. The maximum Gasteiger partial charge on any atom is 0.410 e. The minimum atomic E-state index is -0.455. The number of amides is 1. The van der Waals surface area contributed by atoms with Gasteiger partial charge >= 0.3 is 6.09 Å². The van der Waals surface area contributed by atoms with Crippen molar-refractivity contribution in [1.82, 2.24) is 25.8 Å². The van der Waals surface area contributed by atoms with Crippen LogP contribution in [0.3, 0.4) is 0 Å². The first-order valence-electron chi connectivity index (χ1n) is 14.8. The highest BCUT2D eigenvalue weighted by molar-refractivity contribution is 5.98. The Balaban J connectivity index is 1.08. The first kappa shape index (κ1) is 27.9. The first-order valence-corrected chi connectivity index (χ1v) is 14.8. The van der Waals surface area contributed by atoms with Crippen molar-refractivity contribution in [1.29, 1.82) is 0 Å². The molecule has 0 radical (unpaired) electrons. The van der Waals surface area contributed by atoms with Crippen molar-refractivity contribution in [3.63, 3.8) is 0 Å². The fraction of sp³-hybridized carbons (Fsp3) is 0.821. The monoisotopic (exact) mass is 541 g/mol. The zero-order valence-corrected chi connectivity index (χ0v) is 24.3. The Kier molecular flexibility index (Phi) is 8.44. The molecule has 0 aromatic carbocycles. The Morgan fingerprint density at radius 2 is 1.85 bits per heavy atom. The molecule has 3 fully saturated rings. The highest BCUT2D eigenvalue weighted by Gasteiger charge is 2.40. The second-order valence-electron chi connectivity index (χ2n) is 12.8. The minimum Gasteiger partial charge on any atom is -0.444 e. The van der Waals surface area contributed by atoms with Gasteiger partial charge in [-0.15, -0.1) is 0 Å². The van der Waals surface area contributed by atoms with Crippen molar-refractivity contribution in [2.24, 2.45) is 31.8 Å². The quantitative estimate of drug-likeness (QED) is 0.503. The van der Waals surface area contributed by atoms with Gasteiger partial charge in [-0.1, -0.05) is 0 Å². The first-order chi connectivity index (χ1) is 18.6. The molecule has 4 aliphatic heterocycles. The molecule has 1 saturated carbocycles. The molecule has 39 heavy (non-hydrogen) atoms. The number of carbonyl (C=O) groups is 1. The molecule has 0 bridgehead atoms. The van der Waals surface area contributed by atoms with Crippen LogP contribution in [0.15, 0.2) is 20.0 Å². The van der Waals surface area contributed by atoms with Gasteiger partial charge in [0.15, 0.2) is 5.96 Å². The summed E-state index contributed by atoms with van der Waals surface area (Å²) in [6, 6.07) is 1.23. The normalized spacial score (nSPS) is 35.6. The SMILES string of the molecule is CN=C1N=C(C)CC(C2CCC3NC(=NC4CC(CN5CCN(C(=O)OC(C)(C)C)CC5)CC=N4)NC3C2)N1. The molecule has 6 unspecified atom stereocenters. The summed E-state index contributed by atoms with van der Waals surface area (Å²) in [5, 5.41) is 10.9. The van der Waals surface area contributed by atoms with E-state index in [0.717, 1.165) is 69.4 Å². The van der Waals surface area contributed by atoms with Crippen LogP contribution in [-0.2, 0) is 4.74 Å². The lowest BCUT2D eigenvalue weighted by Crippen LogP contribution is -2.51. The van der Waals surface area contributed by atoms with Crippen LogP contribution in [0.4, 0.5) is 4.79 Å². The molecule has 4 heterocycles. The van der Waals surface area contributed by atoms with Gasteiger partial charge in [0, 0.05) is 76.2 Å². The predicted molar refractivity (Wildman–Crippen MR) is 156 cm³/mol. The maximum absolute atomic E-state index is 12.4. The smallest absolute Gasteiger partial charge is 0.410 e. The summed E-state index contributed by atoms with van der Waals surface area (Å²) in [5.74, 6) is 2.79. The van der Waals surface area contributed by atoms with Gasteiger partial charge in [-0.2, -0.15) is 0 Å². The maximum atomic E-state index is 12.4. The van der Waals surface area contributed by atoms with Crippen LogP contribution in [0.1, 0.15) is 66.2 Å². The summed E-state index contributed by atoms with van der Waals surface area (Å²) in [7, 11) is 1.80. The standard InChI is InChI=1S/C28H47N9O2/c1-18-14-22(33-25(29-5)31-18)20-6-7-21-23(16-20)34-26(32-21)35-24-15-19(8-9-30-24)17-36-10-12-37(13-11-36)27(38)39-28(2,3)4/h9,19-24H,6-8,10-17H2,1-5H3,(H,29,33)(H2,32,34,35). The number of ether oxygens (including phenoxy) is 1. The Bertz CT molecular complexity index is 1010. The molecule has 2 saturated heterocycles. The molecule has 3 N–H and O–H groups in total. The van der Waals surface area contributed by atoms with Crippen LogP contribution in [0, 0.1) is 11.8 Å². The third-order valence-electron chi connectivity index (χ3n) is 8.52. The van der Waals surface area contributed by atoms with Crippen LogP contribution >= 0.6 is 0 Å². The average molecular weight is 542 g/mol. The second kappa shape index (κ2) is 11.8. The molecule has 1 aliphatic carbocycles. The summed E-state index contributed by atoms with van der Waals surface area (Å²) in [4.78, 5) is 35.2. The van der Waals surface area contributed by atoms with Crippen molar-refractivity contribution < 1.29 is 9.53 Å². The van der Waals surface area contributed by atoms with E-state index in [4.69, 9.17) is 14.7 Å². The fourth-order valence-corrected chi connectivity index (χ4v) is 6.54. The number of carbonyl (C=O) groups excluding carboxylic acids is 1. The lowest BCUT2D eigenvalue weighted by molar-refractivity contribution is 0.0132. The van der Waals surface area contributed by atoms with Crippen molar-refractivity contribution >= 4 is 29.9 Å². The fourth-order valence-electron chi connectivity index (χ4n) is 6.54. The van der Waals surface area contributed by atoms with Gasteiger partial charge in [-0.05, 0) is 71.6 Å². The van der Waals surface area contributed by atoms with E-state index in [1.165, 1.54) is 6.42 Å². The molecule has 0 aromatic rings. The second-order valence-corrected chi connectivity index (χ2v) is 12.8. The lowest BCUT2D eigenvalue weighted by atomic mass is 9.77. The van der Waals surface area contributed by atoms with Crippen LogP contribution < -0.4 is 16.0 Å². The van der Waals surface area contributed by atoms with Crippen molar-refractivity contribution in [3.05, 3.63) is 0 Å². The third kappa shape index (κ3) is 7.29. The Morgan fingerprint density at radius 1 is 1.08 bits per heavy atom. The Hall–Kier alpha value is -2.69. The predicted octanol–water partition coefficient (Wildman–Crippen LogP) is 2.24. The molecule has 11 heteroatoms. The van der Waals surface area contributed by atoms with Crippen LogP contribution in [0.25, 0.3) is 0 Å². The molecule has 0 aromatic heterocycles. The molecule has 1 amide bonds. The summed E-state index contributed by atoms with van der Waals surface area (Å²) in [6.07, 6.45) is 8.19. The summed E-state index contributed by atoms with van der Waals surface area (Å²) >= 11 is 0. The molecule has 5 aliphatic rings. The number of hydrogen-bond acceptors (Lipinski definition) is 6. The molecule has 11 nitrogen and oxygen atoms in total. The van der Waals surface area contributed by atoms with Crippen LogP contribution in [-0.4, -0.2) is 109 Å². The van der Waals surface area contributed by atoms with Crippen molar-refractivity contribution in [2.45, 2.75) is 96.1 Å². The molecule has 5 rings (SSSR count). The lowest BCUT2D eigenvalue weighted by Gasteiger charge is -2.37. The number of piperazine rings is 1. The van der Waals surface area contributed by atoms with E-state index in [2.05, 4.69) is 44.0 Å². The highest BCUT2D eigenvalue weighted by Crippen LogP contribution is 2.32. The van der Waals surface area contributed by atoms with E-state index in [0.29, 0.717) is 43.1 Å². The van der Waals surface area contributed by atoms with Gasteiger partial charge in [0.25, 0.3) is 0 Å². The summed E-state index contributed by atoms with van der Waals surface area (Å²) in [5.41, 5.74) is 0.708. The number of guanidine groups is 2. The van der Waals surface area contributed by atoms with Crippen LogP contribution in [0.2, 0.25) is 0 Å². The number of hydrogen-bond donors (Lipinski definition) is 3. The van der Waals surface area contributed by atoms with E-state index in [1.807, 2.05) is 25.7 Å². The van der Waals surface area contributed by atoms with E-state index in [1.54, 1.807) is 7.05 Å². The number of aliphatic imine (C=N–C) groups is 4. The topological polar surface area (TPSA) is 118 Å². The molecular formula is C28H47N9O2. The number of fused-ring (bicyclic) bond motifs is 1. The third-order valence-corrected chi connectivity index (χ3v) is 8.52. The number of nitrogens with zero attached hydrogens (tertiary/aromatic N) is 6. The highest BCUT2D eigenvalue weighted by atomic mass is 16.6. The molecule has 6 atom stereocenters. The molecule has 216 valence electrons.